The fourth-order valence-electron chi connectivity index (χ4n) is 1.99. The van der Waals surface area contributed by atoms with E-state index in [-0.39, 0.29) is 0 Å². The molecule has 0 fully saturated rings. The van der Waals surface area contributed by atoms with Crippen molar-refractivity contribution >= 4 is 0 Å². The van der Waals surface area contributed by atoms with Crippen molar-refractivity contribution in [3.63, 3.8) is 0 Å². The van der Waals surface area contributed by atoms with E-state index in [1.54, 1.807) is 0 Å². The van der Waals surface area contributed by atoms with Crippen molar-refractivity contribution in [1.82, 2.24) is 0 Å². The molecule has 0 aliphatic rings. The molecular formula is C15H30O. The quantitative estimate of drug-likeness (QED) is 0.331. The van der Waals surface area contributed by atoms with Crippen LogP contribution in [0.1, 0.15) is 84.0 Å². The summed E-state index contributed by atoms with van der Waals surface area (Å²) >= 11 is 0. The van der Waals surface area contributed by atoms with Crippen LogP contribution in [0.2, 0.25) is 0 Å². The Morgan fingerprint density at radius 3 is 1.50 bits per heavy atom. The van der Waals surface area contributed by atoms with Gasteiger partial charge in [-0.1, -0.05) is 77.7 Å². The molecule has 0 aliphatic carbocycles. The maximum absolute atomic E-state index is 8.90. The summed E-state index contributed by atoms with van der Waals surface area (Å²) in [6.07, 6.45) is 15.7. The van der Waals surface area contributed by atoms with Crippen LogP contribution in [-0.4, -0.2) is 5.11 Å². The number of hydrogen-bond donors (Lipinski definition) is 1. The van der Waals surface area contributed by atoms with Gasteiger partial charge < -0.3 is 5.11 Å². The van der Waals surface area contributed by atoms with Crippen molar-refractivity contribution in [2.45, 2.75) is 84.0 Å². The smallest absolute Gasteiger partial charge is 0.0851 e. The maximum Gasteiger partial charge on any atom is 0.0851 e. The molecule has 0 spiro atoms. The second-order valence-electron chi connectivity index (χ2n) is 4.85. The molecule has 0 atom stereocenters. The fraction of sp³-hybridized carbons (Fsp3) is 0.867. The van der Waals surface area contributed by atoms with Gasteiger partial charge in [-0.3, -0.25) is 0 Å². The molecule has 0 aromatic heterocycles. The normalized spacial score (nSPS) is 10.6. The summed E-state index contributed by atoms with van der Waals surface area (Å²) in [6, 6.07) is 0. The third-order valence-corrected chi connectivity index (χ3v) is 3.07. The zero-order valence-corrected chi connectivity index (χ0v) is 11.1. The highest BCUT2D eigenvalue weighted by atomic mass is 16.3. The predicted molar refractivity (Wildman–Crippen MR) is 72.8 cm³/mol. The van der Waals surface area contributed by atoms with Crippen LogP contribution in [0.15, 0.2) is 12.3 Å². The Kier molecular flexibility index (Phi) is 12.2. The van der Waals surface area contributed by atoms with Gasteiger partial charge in [-0.2, -0.15) is 0 Å². The van der Waals surface area contributed by atoms with Gasteiger partial charge in [0.25, 0.3) is 0 Å². The van der Waals surface area contributed by atoms with Gasteiger partial charge in [-0.25, -0.2) is 0 Å². The second-order valence-corrected chi connectivity index (χ2v) is 4.85. The van der Waals surface area contributed by atoms with Crippen LogP contribution >= 0.6 is 0 Å². The van der Waals surface area contributed by atoms with Crippen LogP contribution in [0.3, 0.4) is 0 Å². The first-order valence-corrected chi connectivity index (χ1v) is 7.14. The van der Waals surface area contributed by atoms with Gasteiger partial charge in [0.1, 0.15) is 0 Å². The molecule has 96 valence electrons. The molecule has 0 saturated heterocycles. The molecule has 1 N–H and O–H groups in total. The van der Waals surface area contributed by atoms with Gasteiger partial charge in [0, 0.05) is 6.42 Å². The van der Waals surface area contributed by atoms with Crippen LogP contribution in [0.25, 0.3) is 0 Å². The molecule has 0 radical (unpaired) electrons. The molecule has 0 aliphatic heterocycles. The third kappa shape index (κ3) is 13.5. The monoisotopic (exact) mass is 226 g/mol. The first kappa shape index (κ1) is 15.5. The zero-order valence-electron chi connectivity index (χ0n) is 11.1. The van der Waals surface area contributed by atoms with Crippen molar-refractivity contribution in [2.75, 3.05) is 0 Å². The van der Waals surface area contributed by atoms with E-state index < -0.39 is 0 Å². The minimum atomic E-state index is 0.343. The summed E-state index contributed by atoms with van der Waals surface area (Å²) in [6.45, 7) is 5.76. The van der Waals surface area contributed by atoms with E-state index in [1.165, 1.54) is 64.2 Å². The van der Waals surface area contributed by atoms with Crippen LogP contribution in [0.4, 0.5) is 0 Å². The molecule has 0 amide bonds. The summed E-state index contributed by atoms with van der Waals surface area (Å²) in [5, 5.41) is 8.90. The van der Waals surface area contributed by atoms with Crippen molar-refractivity contribution in [1.29, 1.82) is 0 Å². The largest absolute Gasteiger partial charge is 0.513 e. The first-order chi connectivity index (χ1) is 7.77. The summed E-state index contributed by atoms with van der Waals surface area (Å²) in [4.78, 5) is 0. The molecular weight excluding hydrogens is 196 g/mol. The van der Waals surface area contributed by atoms with Crippen molar-refractivity contribution in [2.24, 2.45) is 0 Å². The standard InChI is InChI=1S/C15H30O/c1-3-4-5-6-7-8-9-10-11-12-13-14-15(2)16/h16H,2-14H2,1H3. The fourth-order valence-corrected chi connectivity index (χ4v) is 1.99. The third-order valence-electron chi connectivity index (χ3n) is 3.07. The lowest BCUT2D eigenvalue weighted by atomic mass is 10.1. The molecule has 0 unspecified atom stereocenters. The SMILES string of the molecule is C=C(O)CCCCCCCCCCCCC. The Balaban J connectivity index is 2.90. The van der Waals surface area contributed by atoms with Crippen molar-refractivity contribution < 1.29 is 5.11 Å². The molecule has 0 aromatic rings. The van der Waals surface area contributed by atoms with Gasteiger partial charge >= 0.3 is 0 Å². The number of aliphatic hydroxyl groups is 1. The van der Waals surface area contributed by atoms with Gasteiger partial charge in [0.15, 0.2) is 0 Å². The van der Waals surface area contributed by atoms with Crippen molar-refractivity contribution in [3.8, 4) is 0 Å². The Hall–Kier alpha value is -0.460. The van der Waals surface area contributed by atoms with Gasteiger partial charge in [0.05, 0.1) is 5.76 Å². The Morgan fingerprint density at radius 2 is 1.12 bits per heavy atom. The molecule has 1 nitrogen and oxygen atoms in total. The van der Waals surface area contributed by atoms with Crippen LogP contribution < -0.4 is 0 Å². The molecule has 0 bridgehead atoms. The lowest BCUT2D eigenvalue weighted by molar-refractivity contribution is 0.383. The predicted octanol–water partition coefficient (Wildman–Crippen LogP) is 5.76. The summed E-state index contributed by atoms with van der Waals surface area (Å²) in [5.41, 5.74) is 0. The number of unbranched alkanes of at least 4 members (excludes halogenated alkanes) is 10. The van der Waals surface area contributed by atoms with E-state index in [0.29, 0.717) is 5.76 Å². The zero-order chi connectivity index (χ0) is 12.1. The highest BCUT2D eigenvalue weighted by molar-refractivity contribution is 4.77. The number of rotatable bonds is 12. The minimum Gasteiger partial charge on any atom is -0.513 e. The molecule has 0 aromatic carbocycles. The molecule has 0 rings (SSSR count). The van der Waals surface area contributed by atoms with E-state index in [0.717, 1.165) is 12.8 Å². The maximum atomic E-state index is 8.90. The number of hydrogen-bond acceptors (Lipinski definition) is 1. The van der Waals surface area contributed by atoms with E-state index in [2.05, 4.69) is 13.5 Å². The highest BCUT2D eigenvalue weighted by Crippen LogP contribution is 2.12. The van der Waals surface area contributed by atoms with Crippen molar-refractivity contribution in [3.05, 3.63) is 12.3 Å². The van der Waals surface area contributed by atoms with Crippen LogP contribution in [0.5, 0.6) is 0 Å². The second kappa shape index (κ2) is 12.6. The van der Waals surface area contributed by atoms with E-state index in [1.807, 2.05) is 0 Å². The molecule has 1 heteroatoms. The van der Waals surface area contributed by atoms with E-state index in [9.17, 15) is 0 Å². The summed E-state index contributed by atoms with van der Waals surface area (Å²) in [7, 11) is 0. The lowest BCUT2D eigenvalue weighted by Gasteiger charge is -2.02. The molecule has 0 saturated carbocycles. The highest BCUT2D eigenvalue weighted by Gasteiger charge is 1.93. The lowest BCUT2D eigenvalue weighted by Crippen LogP contribution is -1.83. The number of aliphatic hydroxyl groups excluding tert-OH is 1. The minimum absolute atomic E-state index is 0.343. The van der Waals surface area contributed by atoms with Crippen LogP contribution in [0, 0.1) is 0 Å². The first-order valence-electron chi connectivity index (χ1n) is 7.14. The summed E-state index contributed by atoms with van der Waals surface area (Å²) < 4.78 is 0. The van der Waals surface area contributed by atoms with E-state index in [4.69, 9.17) is 5.11 Å². The topological polar surface area (TPSA) is 20.2 Å². The van der Waals surface area contributed by atoms with Crippen LogP contribution in [-0.2, 0) is 0 Å². The average molecular weight is 226 g/mol. The van der Waals surface area contributed by atoms with Gasteiger partial charge in [0.2, 0.25) is 0 Å². The Labute approximate surface area is 102 Å². The molecule has 0 heterocycles. The molecule has 16 heavy (non-hydrogen) atoms. The van der Waals surface area contributed by atoms with Gasteiger partial charge in [-0.15, -0.1) is 0 Å². The average Bonchev–Trinajstić information content (AvgIpc) is 2.25. The summed E-state index contributed by atoms with van der Waals surface area (Å²) in [5.74, 6) is 0.343. The Bertz CT molecular complexity index is 152. The Morgan fingerprint density at radius 1 is 0.750 bits per heavy atom. The van der Waals surface area contributed by atoms with E-state index >= 15 is 0 Å². The van der Waals surface area contributed by atoms with Gasteiger partial charge in [-0.05, 0) is 6.42 Å². The number of allylic oxidation sites excluding steroid dienone is 1.